The van der Waals surface area contributed by atoms with Crippen LogP contribution in [-0.4, -0.2) is 18.3 Å². The molecule has 0 unspecified atom stereocenters. The molecule has 0 bridgehead atoms. The van der Waals surface area contributed by atoms with Crippen molar-refractivity contribution in [3.8, 4) is 11.5 Å². The van der Waals surface area contributed by atoms with E-state index in [-0.39, 0.29) is 11.4 Å². The average molecular weight is 183 g/mol. The highest BCUT2D eigenvalue weighted by atomic mass is 19.1. The zero-order chi connectivity index (χ0) is 9.84. The number of phenols is 1. The Kier molecular flexibility index (Phi) is 2.62. The van der Waals surface area contributed by atoms with Gasteiger partial charge in [-0.1, -0.05) is 0 Å². The molecule has 68 valence electrons. The van der Waals surface area contributed by atoms with E-state index in [2.05, 4.69) is 4.99 Å². The van der Waals surface area contributed by atoms with Gasteiger partial charge in [-0.3, -0.25) is 0 Å². The van der Waals surface area contributed by atoms with Gasteiger partial charge >= 0.3 is 0 Å². The lowest BCUT2D eigenvalue weighted by molar-refractivity contribution is 0.400. The summed E-state index contributed by atoms with van der Waals surface area (Å²) in [6.45, 7) is 0. The molecule has 4 nitrogen and oxygen atoms in total. The molecular weight excluding hydrogens is 177 g/mol. The molecule has 5 heteroatoms. The Morgan fingerprint density at radius 3 is 2.85 bits per heavy atom. The van der Waals surface area contributed by atoms with Crippen molar-refractivity contribution in [2.24, 2.45) is 4.99 Å². The number of carbonyl (C=O) groups excluding carboxylic acids is 1. The number of rotatable bonds is 2. The maximum absolute atomic E-state index is 12.7. The lowest BCUT2D eigenvalue weighted by Gasteiger charge is -2.03. The molecular formula is C8H6FNO3. The number of hydrogen-bond donors (Lipinski definition) is 1. The van der Waals surface area contributed by atoms with Gasteiger partial charge in [-0.25, -0.2) is 9.18 Å². The van der Waals surface area contributed by atoms with Crippen LogP contribution in [0.3, 0.4) is 0 Å². The average Bonchev–Trinajstić information content (AvgIpc) is 2.11. The largest absolute Gasteiger partial charge is 0.505 e. The minimum atomic E-state index is -0.832. The SMILES string of the molecule is COc1cc(F)c(O)cc1N=C=O. The van der Waals surface area contributed by atoms with Crippen LogP contribution >= 0.6 is 0 Å². The third-order valence-electron chi connectivity index (χ3n) is 1.41. The summed E-state index contributed by atoms with van der Waals surface area (Å²) >= 11 is 0. The predicted octanol–water partition coefficient (Wildman–Crippen LogP) is 1.51. The van der Waals surface area contributed by atoms with Gasteiger partial charge in [-0.05, 0) is 0 Å². The molecule has 0 aliphatic heterocycles. The van der Waals surface area contributed by atoms with Crippen molar-refractivity contribution in [2.75, 3.05) is 7.11 Å². The fourth-order valence-corrected chi connectivity index (χ4v) is 0.833. The van der Waals surface area contributed by atoms with Crippen molar-refractivity contribution < 1.29 is 19.0 Å². The highest BCUT2D eigenvalue weighted by molar-refractivity contribution is 5.60. The smallest absolute Gasteiger partial charge is 0.240 e. The van der Waals surface area contributed by atoms with Gasteiger partial charge in [0.05, 0.1) is 7.11 Å². The van der Waals surface area contributed by atoms with Crippen LogP contribution in [0.2, 0.25) is 0 Å². The molecule has 0 aliphatic rings. The van der Waals surface area contributed by atoms with E-state index in [1.165, 1.54) is 13.2 Å². The highest BCUT2D eigenvalue weighted by Gasteiger charge is 2.08. The Labute approximate surface area is 73.3 Å². The molecule has 0 radical (unpaired) electrons. The van der Waals surface area contributed by atoms with E-state index in [0.717, 1.165) is 12.1 Å². The van der Waals surface area contributed by atoms with Crippen LogP contribution in [-0.2, 0) is 4.79 Å². The molecule has 1 rings (SSSR count). The van der Waals surface area contributed by atoms with Gasteiger partial charge in [0.2, 0.25) is 6.08 Å². The predicted molar refractivity (Wildman–Crippen MR) is 42.4 cm³/mol. The van der Waals surface area contributed by atoms with Gasteiger partial charge in [-0.2, -0.15) is 4.99 Å². The first-order valence-corrected chi connectivity index (χ1v) is 3.33. The van der Waals surface area contributed by atoms with Crippen LogP contribution in [0, 0.1) is 5.82 Å². The minimum absolute atomic E-state index is 0.0383. The number of methoxy groups -OCH3 is 1. The molecule has 0 atom stereocenters. The van der Waals surface area contributed by atoms with E-state index >= 15 is 0 Å². The van der Waals surface area contributed by atoms with Crippen LogP contribution < -0.4 is 4.74 Å². The first-order chi connectivity index (χ1) is 6.19. The number of benzene rings is 1. The lowest BCUT2D eigenvalue weighted by Crippen LogP contribution is -1.85. The molecule has 0 aromatic heterocycles. The summed E-state index contributed by atoms with van der Waals surface area (Å²) in [7, 11) is 1.30. The third kappa shape index (κ3) is 1.83. The lowest BCUT2D eigenvalue weighted by atomic mass is 10.2. The van der Waals surface area contributed by atoms with Crippen LogP contribution in [0.15, 0.2) is 17.1 Å². The summed E-state index contributed by atoms with van der Waals surface area (Å²) in [4.78, 5) is 13.1. The van der Waals surface area contributed by atoms with E-state index in [1.54, 1.807) is 0 Å². The van der Waals surface area contributed by atoms with Gasteiger partial charge in [0, 0.05) is 12.1 Å². The number of ether oxygens (including phenoxy) is 1. The maximum Gasteiger partial charge on any atom is 0.240 e. The van der Waals surface area contributed by atoms with Gasteiger partial charge < -0.3 is 9.84 Å². The molecule has 13 heavy (non-hydrogen) atoms. The van der Waals surface area contributed by atoms with Crippen LogP contribution in [0.4, 0.5) is 10.1 Å². The standard InChI is InChI=1S/C8H6FNO3/c1-13-8-2-5(9)7(12)3-6(8)10-4-11/h2-3,12H,1H3. The van der Waals surface area contributed by atoms with Crippen molar-refractivity contribution in [1.82, 2.24) is 0 Å². The van der Waals surface area contributed by atoms with Gasteiger partial charge in [-0.15, -0.1) is 0 Å². The van der Waals surface area contributed by atoms with E-state index in [0.29, 0.717) is 0 Å². The fourth-order valence-electron chi connectivity index (χ4n) is 0.833. The maximum atomic E-state index is 12.7. The van der Waals surface area contributed by atoms with Crippen molar-refractivity contribution in [1.29, 1.82) is 0 Å². The molecule has 0 saturated carbocycles. The topological polar surface area (TPSA) is 58.9 Å². The van der Waals surface area contributed by atoms with E-state index in [4.69, 9.17) is 9.84 Å². The Hall–Kier alpha value is -1.87. The van der Waals surface area contributed by atoms with Crippen molar-refractivity contribution >= 4 is 11.8 Å². The van der Waals surface area contributed by atoms with Gasteiger partial charge in [0.1, 0.15) is 11.4 Å². The van der Waals surface area contributed by atoms with Gasteiger partial charge in [0.25, 0.3) is 0 Å². The van der Waals surface area contributed by atoms with Crippen LogP contribution in [0.25, 0.3) is 0 Å². The molecule has 1 aromatic rings. The molecule has 0 spiro atoms. The molecule has 0 fully saturated rings. The zero-order valence-corrected chi connectivity index (χ0v) is 6.74. The van der Waals surface area contributed by atoms with Crippen molar-refractivity contribution in [3.05, 3.63) is 17.9 Å². The molecule has 1 N–H and O–H groups in total. The second-order valence-electron chi connectivity index (χ2n) is 2.18. The van der Waals surface area contributed by atoms with E-state index in [1.807, 2.05) is 0 Å². The fraction of sp³-hybridized carbons (Fsp3) is 0.125. The molecule has 0 aliphatic carbocycles. The molecule has 1 aromatic carbocycles. The first-order valence-electron chi connectivity index (χ1n) is 3.33. The summed E-state index contributed by atoms with van der Waals surface area (Å²) in [5.41, 5.74) is 0.0383. The minimum Gasteiger partial charge on any atom is -0.505 e. The summed E-state index contributed by atoms with van der Waals surface area (Å²) in [6.07, 6.45) is 1.27. The Morgan fingerprint density at radius 2 is 2.31 bits per heavy atom. The number of aromatic hydroxyl groups is 1. The number of phenolic OH excluding ortho intramolecular Hbond substituents is 1. The number of halogens is 1. The summed E-state index contributed by atoms with van der Waals surface area (Å²) < 4.78 is 17.4. The van der Waals surface area contributed by atoms with E-state index in [9.17, 15) is 9.18 Å². The second kappa shape index (κ2) is 3.69. The van der Waals surface area contributed by atoms with Gasteiger partial charge in [0.15, 0.2) is 11.6 Å². The van der Waals surface area contributed by atoms with Crippen molar-refractivity contribution in [2.45, 2.75) is 0 Å². The van der Waals surface area contributed by atoms with Crippen LogP contribution in [0.1, 0.15) is 0 Å². The van der Waals surface area contributed by atoms with Crippen LogP contribution in [0.5, 0.6) is 11.5 Å². The quantitative estimate of drug-likeness (QED) is 0.558. The summed E-state index contributed by atoms with van der Waals surface area (Å²) in [5.74, 6) is -1.35. The van der Waals surface area contributed by atoms with Crippen molar-refractivity contribution in [3.63, 3.8) is 0 Å². The Bertz CT molecular complexity index is 372. The summed E-state index contributed by atoms with van der Waals surface area (Å²) in [6, 6.07) is 1.92. The number of hydrogen-bond acceptors (Lipinski definition) is 4. The molecule has 0 saturated heterocycles. The summed E-state index contributed by atoms with van der Waals surface area (Å²) in [5, 5.41) is 8.93. The zero-order valence-electron chi connectivity index (χ0n) is 6.74. The number of isocyanates is 1. The Morgan fingerprint density at radius 1 is 1.62 bits per heavy atom. The first kappa shape index (κ1) is 9.22. The second-order valence-corrected chi connectivity index (χ2v) is 2.18. The Balaban J connectivity index is 3.32. The number of aliphatic imine (C=N–C) groups is 1. The highest BCUT2D eigenvalue weighted by Crippen LogP contribution is 2.32. The molecule has 0 heterocycles. The third-order valence-corrected chi connectivity index (χ3v) is 1.41. The van der Waals surface area contributed by atoms with E-state index < -0.39 is 11.6 Å². The molecule has 0 amide bonds. The normalized spacial score (nSPS) is 9.08. The monoisotopic (exact) mass is 183 g/mol. The number of nitrogens with zero attached hydrogens (tertiary/aromatic N) is 1.